The lowest BCUT2D eigenvalue weighted by atomic mass is 10.0. The van der Waals surface area contributed by atoms with Crippen molar-refractivity contribution in [2.24, 2.45) is 23.0 Å². The predicted octanol–water partition coefficient (Wildman–Crippen LogP) is 1.30. The van der Waals surface area contributed by atoms with E-state index < -0.39 is 0 Å². The standard InChI is InChI=1S/C15H18N2O3/c1-15(2)10-11(15)14(19)17(13(10)18)12-8(7-16)5-4-6-9(12)20-3/h4-6,10-11H,7,16H2,1-3H3. The zero-order valence-corrected chi connectivity index (χ0v) is 11.8. The van der Waals surface area contributed by atoms with Crippen LogP contribution in [0.4, 0.5) is 5.69 Å². The van der Waals surface area contributed by atoms with Crippen molar-refractivity contribution in [1.29, 1.82) is 0 Å². The van der Waals surface area contributed by atoms with Gasteiger partial charge in [0.2, 0.25) is 11.8 Å². The number of anilines is 1. The predicted molar refractivity (Wildman–Crippen MR) is 74.1 cm³/mol. The molecule has 3 rings (SSSR count). The zero-order chi connectivity index (χ0) is 14.7. The molecule has 2 unspecified atom stereocenters. The van der Waals surface area contributed by atoms with E-state index in [-0.39, 0.29) is 35.6 Å². The topological polar surface area (TPSA) is 72.6 Å². The van der Waals surface area contributed by atoms with Crippen molar-refractivity contribution in [1.82, 2.24) is 0 Å². The average molecular weight is 274 g/mol. The highest BCUT2D eigenvalue weighted by Gasteiger charge is 2.73. The van der Waals surface area contributed by atoms with Crippen LogP contribution in [0.5, 0.6) is 5.75 Å². The van der Waals surface area contributed by atoms with Crippen LogP contribution in [0.2, 0.25) is 0 Å². The van der Waals surface area contributed by atoms with Gasteiger partial charge in [0.15, 0.2) is 0 Å². The molecule has 2 amide bonds. The third-order valence-electron chi connectivity index (χ3n) is 4.55. The fourth-order valence-electron chi connectivity index (χ4n) is 3.32. The smallest absolute Gasteiger partial charge is 0.238 e. The number of carbonyl (C=O) groups is 2. The van der Waals surface area contributed by atoms with Crippen LogP contribution in [0.25, 0.3) is 0 Å². The van der Waals surface area contributed by atoms with Crippen LogP contribution in [0.15, 0.2) is 18.2 Å². The van der Waals surface area contributed by atoms with Crippen molar-refractivity contribution >= 4 is 17.5 Å². The molecule has 1 aromatic carbocycles. The van der Waals surface area contributed by atoms with Crippen LogP contribution in [0.3, 0.4) is 0 Å². The van der Waals surface area contributed by atoms with Gasteiger partial charge < -0.3 is 10.5 Å². The summed E-state index contributed by atoms with van der Waals surface area (Å²) >= 11 is 0. The summed E-state index contributed by atoms with van der Waals surface area (Å²) in [5.41, 5.74) is 6.76. The van der Waals surface area contributed by atoms with E-state index >= 15 is 0 Å². The number of nitrogens with zero attached hydrogens (tertiary/aromatic N) is 1. The molecule has 0 bridgehead atoms. The SMILES string of the molecule is COc1cccc(CN)c1N1C(=O)C2C(C1=O)C2(C)C. The summed E-state index contributed by atoms with van der Waals surface area (Å²) in [4.78, 5) is 26.3. The first-order valence-corrected chi connectivity index (χ1v) is 6.69. The minimum atomic E-state index is -0.213. The number of hydrogen-bond donors (Lipinski definition) is 1. The lowest BCUT2D eigenvalue weighted by Gasteiger charge is -2.24. The van der Waals surface area contributed by atoms with Crippen LogP contribution in [0.1, 0.15) is 19.4 Å². The van der Waals surface area contributed by atoms with E-state index in [1.807, 2.05) is 19.9 Å². The van der Waals surface area contributed by atoms with E-state index in [0.717, 1.165) is 5.56 Å². The van der Waals surface area contributed by atoms with Crippen LogP contribution < -0.4 is 15.4 Å². The Labute approximate surface area is 117 Å². The Balaban J connectivity index is 2.08. The van der Waals surface area contributed by atoms with Gasteiger partial charge in [-0.25, -0.2) is 4.90 Å². The van der Waals surface area contributed by atoms with Crippen molar-refractivity contribution in [3.63, 3.8) is 0 Å². The number of amides is 2. The normalized spacial score (nSPS) is 26.7. The fraction of sp³-hybridized carbons (Fsp3) is 0.467. The molecule has 2 atom stereocenters. The lowest BCUT2D eigenvalue weighted by molar-refractivity contribution is -0.125. The summed E-state index contributed by atoms with van der Waals surface area (Å²) in [5, 5.41) is 0. The number of carbonyl (C=O) groups excluding carboxylic acids is 2. The van der Waals surface area contributed by atoms with Gasteiger partial charge in [-0.1, -0.05) is 26.0 Å². The number of nitrogens with two attached hydrogens (primary N) is 1. The highest BCUT2D eigenvalue weighted by atomic mass is 16.5. The molecular formula is C15H18N2O3. The van der Waals surface area contributed by atoms with Crippen molar-refractivity contribution < 1.29 is 14.3 Å². The molecule has 1 heterocycles. The number of ether oxygens (including phenoxy) is 1. The molecular weight excluding hydrogens is 256 g/mol. The van der Waals surface area contributed by atoms with Gasteiger partial charge in [-0.2, -0.15) is 0 Å². The third kappa shape index (κ3) is 1.47. The van der Waals surface area contributed by atoms with Crippen molar-refractivity contribution in [3.05, 3.63) is 23.8 Å². The van der Waals surface area contributed by atoms with Crippen LogP contribution in [-0.2, 0) is 16.1 Å². The minimum Gasteiger partial charge on any atom is -0.495 e. The van der Waals surface area contributed by atoms with Gasteiger partial charge >= 0.3 is 0 Å². The minimum absolute atomic E-state index is 0.135. The molecule has 1 saturated carbocycles. The van der Waals surface area contributed by atoms with E-state index in [2.05, 4.69) is 0 Å². The van der Waals surface area contributed by atoms with Crippen molar-refractivity contribution in [2.75, 3.05) is 12.0 Å². The van der Waals surface area contributed by atoms with Gasteiger partial charge in [-0.3, -0.25) is 9.59 Å². The van der Waals surface area contributed by atoms with E-state index in [9.17, 15) is 9.59 Å². The Morgan fingerprint density at radius 3 is 2.35 bits per heavy atom. The van der Waals surface area contributed by atoms with E-state index in [1.165, 1.54) is 12.0 Å². The molecule has 2 fully saturated rings. The van der Waals surface area contributed by atoms with Crippen molar-refractivity contribution in [2.45, 2.75) is 20.4 Å². The Hall–Kier alpha value is -1.88. The van der Waals surface area contributed by atoms with Crippen molar-refractivity contribution in [3.8, 4) is 5.75 Å². The molecule has 2 aliphatic rings. The molecule has 0 radical (unpaired) electrons. The molecule has 1 aromatic rings. The maximum absolute atomic E-state index is 12.5. The highest BCUT2D eigenvalue weighted by Crippen LogP contribution is 2.64. The molecule has 1 aliphatic heterocycles. The molecule has 2 N–H and O–H groups in total. The molecule has 5 heteroatoms. The van der Waals surface area contributed by atoms with Gasteiger partial charge in [0, 0.05) is 6.54 Å². The van der Waals surface area contributed by atoms with Gasteiger partial charge in [0.05, 0.1) is 24.6 Å². The first kappa shape index (κ1) is 13.1. The van der Waals surface area contributed by atoms with E-state index in [4.69, 9.17) is 10.5 Å². The van der Waals surface area contributed by atoms with Gasteiger partial charge in [-0.05, 0) is 17.0 Å². The third-order valence-corrected chi connectivity index (χ3v) is 4.55. The second-order valence-corrected chi connectivity index (χ2v) is 5.96. The lowest BCUT2D eigenvalue weighted by Crippen LogP contribution is -2.37. The second kappa shape index (κ2) is 4.06. The molecule has 0 spiro atoms. The highest BCUT2D eigenvalue weighted by molar-refractivity contribution is 6.26. The Bertz CT molecular complexity index is 563. The molecule has 106 valence electrons. The molecule has 1 saturated heterocycles. The van der Waals surface area contributed by atoms with Crippen LogP contribution in [0, 0.1) is 17.3 Å². The van der Waals surface area contributed by atoms with Gasteiger partial charge in [0.1, 0.15) is 5.75 Å². The monoisotopic (exact) mass is 274 g/mol. The van der Waals surface area contributed by atoms with Gasteiger partial charge in [0.25, 0.3) is 0 Å². The number of imide groups is 1. The molecule has 20 heavy (non-hydrogen) atoms. The number of hydrogen-bond acceptors (Lipinski definition) is 4. The Morgan fingerprint density at radius 1 is 1.25 bits per heavy atom. The fourth-order valence-corrected chi connectivity index (χ4v) is 3.32. The summed E-state index contributed by atoms with van der Waals surface area (Å²) in [6.07, 6.45) is 0. The Kier molecular flexibility index (Phi) is 2.66. The first-order valence-electron chi connectivity index (χ1n) is 6.69. The summed E-state index contributed by atoms with van der Waals surface area (Å²) in [6, 6.07) is 5.36. The summed E-state index contributed by atoms with van der Waals surface area (Å²) in [6.45, 7) is 4.17. The van der Waals surface area contributed by atoms with Crippen LogP contribution in [-0.4, -0.2) is 18.9 Å². The molecule has 5 nitrogen and oxygen atoms in total. The van der Waals surface area contributed by atoms with Crippen LogP contribution >= 0.6 is 0 Å². The first-order chi connectivity index (χ1) is 9.45. The van der Waals surface area contributed by atoms with E-state index in [0.29, 0.717) is 11.4 Å². The molecule has 1 aliphatic carbocycles. The maximum atomic E-state index is 12.5. The quantitative estimate of drug-likeness (QED) is 0.843. The Morgan fingerprint density at radius 2 is 1.85 bits per heavy atom. The maximum Gasteiger partial charge on any atom is 0.238 e. The number of piperidine rings is 1. The number of para-hydroxylation sites is 1. The number of methoxy groups -OCH3 is 1. The zero-order valence-electron chi connectivity index (χ0n) is 11.8. The van der Waals surface area contributed by atoms with Gasteiger partial charge in [-0.15, -0.1) is 0 Å². The summed E-state index contributed by atoms with van der Waals surface area (Å²) in [7, 11) is 1.52. The summed E-state index contributed by atoms with van der Waals surface area (Å²) in [5.74, 6) is -0.168. The molecule has 0 aromatic heterocycles. The average Bonchev–Trinajstić information content (AvgIpc) is 2.89. The number of benzene rings is 1. The number of rotatable bonds is 3. The largest absolute Gasteiger partial charge is 0.495 e. The second-order valence-electron chi connectivity index (χ2n) is 5.96. The summed E-state index contributed by atoms with van der Waals surface area (Å²) < 4.78 is 5.30. The number of fused-ring (bicyclic) bond motifs is 1. The van der Waals surface area contributed by atoms with E-state index in [1.54, 1.807) is 12.1 Å².